The topological polar surface area (TPSA) is 0 Å². The summed E-state index contributed by atoms with van der Waals surface area (Å²) in [5.74, 6) is 0. The minimum Gasteiger partial charge on any atom is -0.0654 e. The van der Waals surface area contributed by atoms with E-state index in [2.05, 4.69) is 75.5 Å². The van der Waals surface area contributed by atoms with E-state index in [-0.39, 0.29) is 0 Å². The summed E-state index contributed by atoms with van der Waals surface area (Å²) in [6.45, 7) is 2.20. The summed E-state index contributed by atoms with van der Waals surface area (Å²) in [7, 11) is 0. The Morgan fingerprint density at radius 3 is 2.44 bits per heavy atom. The Labute approximate surface area is 113 Å². The van der Waals surface area contributed by atoms with Crippen LogP contribution in [0.2, 0.25) is 0 Å². The minimum atomic E-state index is 1.12. The highest BCUT2D eigenvalue weighted by Gasteiger charge is 2.08. The van der Waals surface area contributed by atoms with E-state index in [1.807, 2.05) is 0 Å². The zero-order chi connectivity index (χ0) is 11.5. The Hall–Kier alpha value is -0.340. The third-order valence-corrected chi connectivity index (χ3v) is 3.93. The highest BCUT2D eigenvalue weighted by atomic mass is 79.9. The van der Waals surface area contributed by atoms with Crippen LogP contribution in [0.5, 0.6) is 0 Å². The van der Waals surface area contributed by atoms with Gasteiger partial charge >= 0.3 is 0 Å². The average Bonchev–Trinajstić information content (AvgIpc) is 2.29. The number of hydrogen-bond acceptors (Lipinski definition) is 0. The summed E-state index contributed by atoms with van der Waals surface area (Å²) in [6, 6.07) is 10.6. The van der Waals surface area contributed by atoms with Crippen molar-refractivity contribution in [1.82, 2.24) is 0 Å². The molecule has 2 aromatic rings. The predicted molar refractivity (Wildman–Crippen MR) is 77.7 cm³/mol. The van der Waals surface area contributed by atoms with Crippen LogP contribution in [0.15, 0.2) is 39.3 Å². The molecule has 0 N–H and O–H groups in total. The lowest BCUT2D eigenvalue weighted by molar-refractivity contribution is 0.914. The highest BCUT2D eigenvalue weighted by Crippen LogP contribution is 2.34. The van der Waals surface area contributed by atoms with Gasteiger partial charge in [0.1, 0.15) is 0 Å². The first kappa shape index (κ1) is 12.1. The molecule has 0 atom stereocenters. The van der Waals surface area contributed by atoms with Crippen LogP contribution in [0.4, 0.5) is 0 Å². The van der Waals surface area contributed by atoms with Gasteiger partial charge < -0.3 is 0 Å². The van der Waals surface area contributed by atoms with E-state index in [1.165, 1.54) is 22.8 Å². The van der Waals surface area contributed by atoms with Crippen LogP contribution in [0, 0.1) is 6.42 Å². The second-order valence-electron chi connectivity index (χ2n) is 3.79. The molecule has 0 amide bonds. The Morgan fingerprint density at radius 1 is 1.06 bits per heavy atom. The molecular formula is C14H13Br2. The second kappa shape index (κ2) is 5.33. The molecule has 0 saturated carbocycles. The SMILES string of the molecule is CCC[CH]c1c(Br)cc(Br)c2ccccc12. The van der Waals surface area contributed by atoms with Crippen molar-refractivity contribution in [3.8, 4) is 0 Å². The maximum Gasteiger partial charge on any atom is 0.0265 e. The maximum absolute atomic E-state index is 3.64. The molecule has 0 bridgehead atoms. The van der Waals surface area contributed by atoms with Crippen molar-refractivity contribution in [1.29, 1.82) is 0 Å². The second-order valence-corrected chi connectivity index (χ2v) is 5.50. The molecule has 0 aliphatic heterocycles. The van der Waals surface area contributed by atoms with E-state index in [0.29, 0.717) is 0 Å². The van der Waals surface area contributed by atoms with Crippen molar-refractivity contribution in [3.63, 3.8) is 0 Å². The number of halogens is 2. The van der Waals surface area contributed by atoms with Gasteiger partial charge in [-0.15, -0.1) is 0 Å². The molecule has 2 rings (SSSR count). The summed E-state index contributed by atoms with van der Waals surface area (Å²) in [4.78, 5) is 0. The van der Waals surface area contributed by atoms with Gasteiger partial charge in [0.2, 0.25) is 0 Å². The molecule has 0 aromatic heterocycles. The van der Waals surface area contributed by atoms with Gasteiger partial charge in [0.05, 0.1) is 0 Å². The Balaban J connectivity index is 2.61. The number of fused-ring (bicyclic) bond motifs is 1. The fraction of sp³-hybridized carbons (Fsp3) is 0.214. The number of hydrogen-bond donors (Lipinski definition) is 0. The molecule has 0 aliphatic carbocycles. The molecular weight excluding hydrogens is 328 g/mol. The van der Waals surface area contributed by atoms with E-state index < -0.39 is 0 Å². The quantitative estimate of drug-likeness (QED) is 0.670. The van der Waals surface area contributed by atoms with Gasteiger partial charge in [-0.3, -0.25) is 0 Å². The van der Waals surface area contributed by atoms with E-state index in [4.69, 9.17) is 0 Å². The van der Waals surface area contributed by atoms with Crippen molar-refractivity contribution in [2.45, 2.75) is 19.8 Å². The van der Waals surface area contributed by atoms with Crippen LogP contribution < -0.4 is 0 Å². The summed E-state index contributed by atoms with van der Waals surface area (Å²) < 4.78 is 2.30. The number of rotatable bonds is 3. The zero-order valence-corrected chi connectivity index (χ0v) is 12.3. The largest absolute Gasteiger partial charge is 0.0654 e. The van der Waals surface area contributed by atoms with Gasteiger partial charge in [0, 0.05) is 8.95 Å². The molecule has 0 spiro atoms. The van der Waals surface area contributed by atoms with Crippen LogP contribution in [-0.4, -0.2) is 0 Å². The molecule has 0 fully saturated rings. The van der Waals surface area contributed by atoms with Gasteiger partial charge in [-0.05, 0) is 35.2 Å². The Bertz CT molecular complexity index is 503. The normalized spacial score (nSPS) is 10.9. The monoisotopic (exact) mass is 339 g/mol. The highest BCUT2D eigenvalue weighted by molar-refractivity contribution is 9.11. The van der Waals surface area contributed by atoms with Crippen molar-refractivity contribution < 1.29 is 0 Å². The average molecular weight is 341 g/mol. The third kappa shape index (κ3) is 2.33. The fourth-order valence-corrected chi connectivity index (χ4v) is 3.30. The smallest absolute Gasteiger partial charge is 0.0265 e. The summed E-state index contributed by atoms with van der Waals surface area (Å²) in [6.07, 6.45) is 4.60. The van der Waals surface area contributed by atoms with Gasteiger partial charge in [0.25, 0.3) is 0 Å². The van der Waals surface area contributed by atoms with Crippen LogP contribution in [-0.2, 0) is 0 Å². The minimum absolute atomic E-state index is 1.12. The molecule has 0 saturated heterocycles. The van der Waals surface area contributed by atoms with Crippen LogP contribution in [0.25, 0.3) is 10.8 Å². The van der Waals surface area contributed by atoms with Crippen molar-refractivity contribution in [2.75, 3.05) is 0 Å². The van der Waals surface area contributed by atoms with Crippen LogP contribution >= 0.6 is 31.9 Å². The van der Waals surface area contributed by atoms with E-state index >= 15 is 0 Å². The van der Waals surface area contributed by atoms with Gasteiger partial charge in [-0.1, -0.05) is 69.5 Å². The fourth-order valence-electron chi connectivity index (χ4n) is 1.82. The van der Waals surface area contributed by atoms with Crippen molar-refractivity contribution in [3.05, 3.63) is 51.3 Å². The van der Waals surface area contributed by atoms with Gasteiger partial charge in [-0.2, -0.15) is 0 Å². The molecule has 16 heavy (non-hydrogen) atoms. The van der Waals surface area contributed by atoms with Crippen molar-refractivity contribution >= 4 is 42.6 Å². The molecule has 0 aliphatic rings. The molecule has 1 radical (unpaired) electrons. The first-order valence-corrected chi connectivity index (χ1v) is 7.02. The summed E-state index contributed by atoms with van der Waals surface area (Å²) in [5.41, 5.74) is 1.31. The maximum atomic E-state index is 3.64. The third-order valence-electron chi connectivity index (χ3n) is 2.62. The lowest BCUT2D eigenvalue weighted by Crippen LogP contribution is -1.88. The molecule has 0 unspecified atom stereocenters. The van der Waals surface area contributed by atoms with Crippen LogP contribution in [0.3, 0.4) is 0 Å². The van der Waals surface area contributed by atoms with E-state index in [1.54, 1.807) is 0 Å². The predicted octanol–water partition coefficient (Wildman–Crippen LogP) is 5.72. The summed E-state index contributed by atoms with van der Waals surface area (Å²) in [5, 5.41) is 2.57. The number of benzene rings is 2. The first-order valence-electron chi connectivity index (χ1n) is 5.44. The standard InChI is InChI=1S/C14H13Br2/c1-2-3-6-11-10-7-4-5-8-12(10)14(16)9-13(11)15/h4-9H,2-3H2,1H3. The van der Waals surface area contributed by atoms with Crippen molar-refractivity contribution in [2.24, 2.45) is 0 Å². The molecule has 83 valence electrons. The Morgan fingerprint density at radius 2 is 1.75 bits per heavy atom. The van der Waals surface area contributed by atoms with Gasteiger partial charge in [-0.25, -0.2) is 0 Å². The lowest BCUT2D eigenvalue weighted by Gasteiger charge is -2.10. The molecule has 2 heteroatoms. The Kier molecular flexibility index (Phi) is 4.04. The summed E-state index contributed by atoms with van der Waals surface area (Å²) >= 11 is 7.24. The van der Waals surface area contributed by atoms with E-state index in [9.17, 15) is 0 Å². The molecule has 0 heterocycles. The molecule has 0 nitrogen and oxygen atoms in total. The van der Waals surface area contributed by atoms with Crippen LogP contribution in [0.1, 0.15) is 25.3 Å². The van der Waals surface area contributed by atoms with Gasteiger partial charge in [0.15, 0.2) is 0 Å². The number of unbranched alkanes of at least 4 members (excludes halogenated alkanes) is 1. The zero-order valence-electron chi connectivity index (χ0n) is 9.13. The lowest BCUT2D eigenvalue weighted by atomic mass is 10.0. The molecule has 2 aromatic carbocycles. The van der Waals surface area contributed by atoms with E-state index in [0.717, 1.165) is 15.4 Å². The first-order chi connectivity index (χ1) is 7.74.